The van der Waals surface area contributed by atoms with Crippen LogP contribution in [-0.2, 0) is 18.1 Å². The number of aliphatic hydroxyl groups excluding tert-OH is 5. The molecule has 6 N–H and O–H groups in total. The minimum atomic E-state index is -4.34. The zero-order valence-corrected chi connectivity index (χ0v) is 11.0. The van der Waals surface area contributed by atoms with Crippen LogP contribution in [0, 0.1) is 0 Å². The van der Waals surface area contributed by atoms with E-state index in [1.54, 1.807) is 0 Å². The van der Waals surface area contributed by atoms with E-state index >= 15 is 0 Å². The standard InChI is InChI=1S/C8H17O10P/c1-16-19(15,17-2)18-8(14)6(12)4(10)3(9)5(11)7(8)13/h3-7,9-14H,1-2H3/t3?,4-,5+,6-,7-,8?/m1/s1. The van der Waals surface area contributed by atoms with Gasteiger partial charge in [-0.2, -0.15) is 0 Å². The van der Waals surface area contributed by atoms with Crippen LogP contribution in [0.15, 0.2) is 0 Å². The third kappa shape index (κ3) is 2.83. The highest BCUT2D eigenvalue weighted by Gasteiger charge is 2.61. The van der Waals surface area contributed by atoms with Crippen molar-refractivity contribution in [2.75, 3.05) is 14.2 Å². The number of phosphoric ester groups is 1. The molecule has 1 aliphatic carbocycles. The van der Waals surface area contributed by atoms with Gasteiger partial charge in [0.05, 0.1) is 0 Å². The fraction of sp³-hybridized carbons (Fsp3) is 1.00. The van der Waals surface area contributed by atoms with Gasteiger partial charge in [0.2, 0.25) is 5.79 Å². The van der Waals surface area contributed by atoms with Gasteiger partial charge >= 0.3 is 7.82 Å². The lowest BCUT2D eigenvalue weighted by molar-refractivity contribution is -0.337. The van der Waals surface area contributed by atoms with Crippen LogP contribution in [0.4, 0.5) is 0 Å². The summed E-state index contributed by atoms with van der Waals surface area (Å²) in [6.45, 7) is 0. The summed E-state index contributed by atoms with van der Waals surface area (Å²) < 4.78 is 25.0. The number of phosphoric acid groups is 1. The van der Waals surface area contributed by atoms with Crippen LogP contribution in [0.3, 0.4) is 0 Å². The molecule has 0 saturated heterocycles. The van der Waals surface area contributed by atoms with Gasteiger partial charge in [-0.05, 0) is 0 Å². The molecule has 0 heterocycles. The molecule has 1 aliphatic rings. The monoisotopic (exact) mass is 304 g/mol. The maximum Gasteiger partial charge on any atom is 0.476 e. The lowest BCUT2D eigenvalue weighted by atomic mass is 9.82. The van der Waals surface area contributed by atoms with Gasteiger partial charge < -0.3 is 30.6 Å². The topological polar surface area (TPSA) is 166 Å². The van der Waals surface area contributed by atoms with Gasteiger partial charge in [0.25, 0.3) is 0 Å². The van der Waals surface area contributed by atoms with Crippen LogP contribution < -0.4 is 0 Å². The smallest absolute Gasteiger partial charge is 0.387 e. The molecule has 1 fully saturated rings. The first-order valence-corrected chi connectivity index (χ1v) is 6.64. The summed E-state index contributed by atoms with van der Waals surface area (Å²) in [6.07, 6.45) is -10.6. The van der Waals surface area contributed by atoms with Crippen LogP contribution in [-0.4, -0.2) is 81.2 Å². The molecule has 2 unspecified atom stereocenters. The Labute approximate surface area is 108 Å². The zero-order chi connectivity index (χ0) is 15.0. The van der Waals surface area contributed by atoms with E-state index in [4.69, 9.17) is 0 Å². The molecule has 19 heavy (non-hydrogen) atoms. The molecule has 0 radical (unpaired) electrons. The van der Waals surface area contributed by atoms with Crippen LogP contribution in [0.2, 0.25) is 0 Å². The van der Waals surface area contributed by atoms with Crippen LogP contribution in [0.1, 0.15) is 0 Å². The first kappa shape index (κ1) is 16.9. The Morgan fingerprint density at radius 1 is 0.895 bits per heavy atom. The van der Waals surface area contributed by atoms with Crippen LogP contribution in [0.5, 0.6) is 0 Å². The largest absolute Gasteiger partial charge is 0.476 e. The second-order valence-corrected chi connectivity index (χ2v) is 5.82. The Bertz CT molecular complexity index is 337. The van der Waals surface area contributed by atoms with E-state index in [2.05, 4.69) is 13.6 Å². The summed E-state index contributed by atoms with van der Waals surface area (Å²) in [5.74, 6) is -3.06. The van der Waals surface area contributed by atoms with Crippen molar-refractivity contribution >= 4 is 7.82 Å². The molecule has 0 amide bonds. The number of hydrogen-bond acceptors (Lipinski definition) is 10. The molecule has 0 aliphatic heterocycles. The first-order chi connectivity index (χ1) is 8.63. The minimum Gasteiger partial charge on any atom is -0.387 e. The molecule has 0 aromatic carbocycles. The molecule has 0 aromatic heterocycles. The van der Waals surface area contributed by atoms with Crippen molar-refractivity contribution in [3.8, 4) is 0 Å². The van der Waals surface area contributed by atoms with Crippen LogP contribution >= 0.6 is 7.82 Å². The molecule has 0 aromatic rings. The molecule has 1 rings (SSSR count). The normalized spacial score (nSPS) is 44.3. The highest BCUT2D eigenvalue weighted by molar-refractivity contribution is 7.48. The van der Waals surface area contributed by atoms with Crippen molar-refractivity contribution in [1.29, 1.82) is 0 Å². The van der Waals surface area contributed by atoms with E-state index in [-0.39, 0.29) is 0 Å². The Kier molecular flexibility index (Phi) is 5.08. The van der Waals surface area contributed by atoms with E-state index in [0.29, 0.717) is 0 Å². The molecule has 11 heteroatoms. The highest BCUT2D eigenvalue weighted by Crippen LogP contribution is 2.53. The van der Waals surface area contributed by atoms with E-state index in [9.17, 15) is 35.2 Å². The van der Waals surface area contributed by atoms with Crippen molar-refractivity contribution in [2.24, 2.45) is 0 Å². The second kappa shape index (κ2) is 5.70. The van der Waals surface area contributed by atoms with Gasteiger partial charge in [0.1, 0.15) is 30.5 Å². The quantitative estimate of drug-likeness (QED) is 0.231. The number of aliphatic hydroxyl groups is 6. The molecular formula is C8H17O10P. The van der Waals surface area contributed by atoms with E-state index in [1.165, 1.54) is 0 Å². The van der Waals surface area contributed by atoms with Gasteiger partial charge in [-0.25, -0.2) is 9.09 Å². The Morgan fingerprint density at radius 2 is 1.26 bits per heavy atom. The summed E-state index contributed by atoms with van der Waals surface area (Å²) in [5, 5.41) is 57.4. The van der Waals surface area contributed by atoms with E-state index in [0.717, 1.165) is 14.2 Å². The Hall–Kier alpha value is -0.130. The van der Waals surface area contributed by atoms with Gasteiger partial charge in [-0.3, -0.25) is 9.05 Å². The van der Waals surface area contributed by atoms with E-state index < -0.39 is 44.1 Å². The van der Waals surface area contributed by atoms with Crippen molar-refractivity contribution in [3.63, 3.8) is 0 Å². The van der Waals surface area contributed by atoms with Gasteiger partial charge in [-0.15, -0.1) is 0 Å². The van der Waals surface area contributed by atoms with E-state index in [1.807, 2.05) is 0 Å². The summed E-state index contributed by atoms with van der Waals surface area (Å²) >= 11 is 0. The predicted molar refractivity (Wildman–Crippen MR) is 57.7 cm³/mol. The molecule has 6 atom stereocenters. The second-order valence-electron chi connectivity index (χ2n) is 4.02. The number of rotatable bonds is 4. The maximum atomic E-state index is 11.7. The summed E-state index contributed by atoms with van der Waals surface area (Å²) in [4.78, 5) is 0. The lowest BCUT2D eigenvalue weighted by Gasteiger charge is -2.46. The number of hydrogen-bond donors (Lipinski definition) is 6. The SMILES string of the molecule is COP(=O)(OC)OC1(O)[C@H](O)[C@H](O)C(O)[C@H](O)[C@H]1O. The fourth-order valence-electron chi connectivity index (χ4n) is 1.68. The van der Waals surface area contributed by atoms with Gasteiger partial charge in [0, 0.05) is 14.2 Å². The summed E-state index contributed by atoms with van der Waals surface area (Å²) in [6, 6.07) is 0. The zero-order valence-electron chi connectivity index (χ0n) is 10.2. The average molecular weight is 304 g/mol. The van der Waals surface area contributed by atoms with Crippen LogP contribution in [0.25, 0.3) is 0 Å². The maximum absolute atomic E-state index is 11.7. The van der Waals surface area contributed by atoms with Crippen molar-refractivity contribution in [1.82, 2.24) is 0 Å². The van der Waals surface area contributed by atoms with Crippen molar-refractivity contribution < 1.29 is 48.8 Å². The molecule has 0 bridgehead atoms. The molecular weight excluding hydrogens is 287 g/mol. The minimum absolute atomic E-state index is 0.914. The van der Waals surface area contributed by atoms with Gasteiger partial charge in [-0.1, -0.05) is 0 Å². The summed E-state index contributed by atoms with van der Waals surface area (Å²) in [7, 11) is -2.51. The third-order valence-electron chi connectivity index (χ3n) is 2.90. The first-order valence-electron chi connectivity index (χ1n) is 5.18. The molecule has 1 saturated carbocycles. The third-order valence-corrected chi connectivity index (χ3v) is 4.31. The Morgan fingerprint density at radius 3 is 1.58 bits per heavy atom. The molecule has 114 valence electrons. The van der Waals surface area contributed by atoms with Crippen molar-refractivity contribution in [2.45, 2.75) is 36.3 Å². The lowest BCUT2D eigenvalue weighted by Crippen LogP contribution is -2.71. The predicted octanol–water partition coefficient (Wildman–Crippen LogP) is -3.09. The van der Waals surface area contributed by atoms with Crippen molar-refractivity contribution in [3.05, 3.63) is 0 Å². The average Bonchev–Trinajstić information content (AvgIpc) is 2.41. The summed E-state index contributed by atoms with van der Waals surface area (Å²) in [5.41, 5.74) is 0. The highest BCUT2D eigenvalue weighted by atomic mass is 31.2. The molecule has 0 spiro atoms. The molecule has 10 nitrogen and oxygen atoms in total. The van der Waals surface area contributed by atoms with Gasteiger partial charge in [0.15, 0.2) is 0 Å². The Balaban J connectivity index is 3.10. The fourth-order valence-corrected chi connectivity index (χ4v) is 2.55.